The number of rotatable bonds is 6. The SMILES string of the molecule is CCOc1cccc(C(=O)Nc2ccc(C(=O)NC(C)C)cc2)c1. The first-order chi connectivity index (χ1) is 11.5. The third-order valence-electron chi connectivity index (χ3n) is 3.23. The predicted molar refractivity (Wildman–Crippen MR) is 94.6 cm³/mol. The molecule has 0 aliphatic heterocycles. The minimum atomic E-state index is -0.226. The van der Waals surface area contributed by atoms with E-state index < -0.39 is 0 Å². The van der Waals surface area contributed by atoms with Crippen LogP contribution in [0.4, 0.5) is 5.69 Å². The third-order valence-corrected chi connectivity index (χ3v) is 3.23. The van der Waals surface area contributed by atoms with E-state index in [0.29, 0.717) is 29.2 Å². The van der Waals surface area contributed by atoms with Crippen molar-refractivity contribution in [3.8, 4) is 5.75 Å². The highest BCUT2D eigenvalue weighted by Gasteiger charge is 2.09. The highest BCUT2D eigenvalue weighted by atomic mass is 16.5. The smallest absolute Gasteiger partial charge is 0.255 e. The quantitative estimate of drug-likeness (QED) is 0.854. The molecule has 2 aromatic rings. The number of nitrogens with one attached hydrogen (secondary N) is 2. The number of amides is 2. The number of hydrogen-bond donors (Lipinski definition) is 2. The number of carbonyl (C=O) groups is 2. The molecule has 0 aromatic heterocycles. The Hall–Kier alpha value is -2.82. The summed E-state index contributed by atoms with van der Waals surface area (Å²) in [5, 5.41) is 5.63. The molecule has 5 heteroatoms. The van der Waals surface area contributed by atoms with Crippen molar-refractivity contribution in [1.29, 1.82) is 0 Å². The normalized spacial score (nSPS) is 10.3. The second-order valence-corrected chi connectivity index (χ2v) is 5.62. The highest BCUT2D eigenvalue weighted by Crippen LogP contribution is 2.16. The monoisotopic (exact) mass is 326 g/mol. The zero-order valence-corrected chi connectivity index (χ0v) is 14.1. The molecule has 24 heavy (non-hydrogen) atoms. The van der Waals surface area contributed by atoms with Gasteiger partial charge in [0.25, 0.3) is 11.8 Å². The van der Waals surface area contributed by atoms with E-state index in [-0.39, 0.29) is 17.9 Å². The van der Waals surface area contributed by atoms with E-state index in [1.54, 1.807) is 42.5 Å². The van der Waals surface area contributed by atoms with Gasteiger partial charge < -0.3 is 15.4 Å². The number of anilines is 1. The van der Waals surface area contributed by atoms with Crippen LogP contribution >= 0.6 is 0 Å². The van der Waals surface area contributed by atoms with E-state index in [1.165, 1.54) is 0 Å². The zero-order valence-electron chi connectivity index (χ0n) is 14.1. The van der Waals surface area contributed by atoms with Gasteiger partial charge in [0.1, 0.15) is 5.75 Å². The molecule has 0 fully saturated rings. The fraction of sp³-hybridized carbons (Fsp3) is 0.263. The van der Waals surface area contributed by atoms with Crippen molar-refractivity contribution < 1.29 is 14.3 Å². The lowest BCUT2D eigenvalue weighted by atomic mass is 10.1. The topological polar surface area (TPSA) is 67.4 Å². The first-order valence-corrected chi connectivity index (χ1v) is 7.94. The Balaban J connectivity index is 2.04. The molecule has 0 aliphatic rings. The molecule has 2 N–H and O–H groups in total. The van der Waals surface area contributed by atoms with Gasteiger partial charge in [0.2, 0.25) is 0 Å². The minimum Gasteiger partial charge on any atom is -0.494 e. The number of hydrogen-bond acceptors (Lipinski definition) is 3. The average molecular weight is 326 g/mol. The van der Waals surface area contributed by atoms with Crippen LogP contribution in [0.15, 0.2) is 48.5 Å². The summed E-state index contributed by atoms with van der Waals surface area (Å²) in [4.78, 5) is 24.2. The molecule has 2 rings (SSSR count). The summed E-state index contributed by atoms with van der Waals surface area (Å²) in [5.41, 5.74) is 1.70. The average Bonchev–Trinajstić information content (AvgIpc) is 2.55. The summed E-state index contributed by atoms with van der Waals surface area (Å²) in [5.74, 6) is 0.300. The van der Waals surface area contributed by atoms with Crippen molar-refractivity contribution in [3.63, 3.8) is 0 Å². The maximum atomic E-state index is 12.3. The molecule has 0 saturated carbocycles. The van der Waals surface area contributed by atoms with Crippen LogP contribution in [-0.4, -0.2) is 24.5 Å². The van der Waals surface area contributed by atoms with Crippen LogP contribution in [-0.2, 0) is 0 Å². The lowest BCUT2D eigenvalue weighted by Crippen LogP contribution is -2.30. The van der Waals surface area contributed by atoms with Gasteiger partial charge in [0.05, 0.1) is 6.61 Å². The Morgan fingerprint density at radius 2 is 1.71 bits per heavy atom. The van der Waals surface area contributed by atoms with Crippen LogP contribution in [0.2, 0.25) is 0 Å². The first kappa shape index (κ1) is 17.5. The lowest BCUT2D eigenvalue weighted by Gasteiger charge is -2.10. The second kappa shape index (κ2) is 8.15. The third kappa shape index (κ3) is 4.84. The molecule has 0 aliphatic carbocycles. The van der Waals surface area contributed by atoms with Gasteiger partial charge in [-0.3, -0.25) is 9.59 Å². The zero-order chi connectivity index (χ0) is 17.5. The van der Waals surface area contributed by atoms with E-state index in [0.717, 1.165) is 0 Å². The molecule has 126 valence electrons. The van der Waals surface area contributed by atoms with Crippen molar-refractivity contribution in [1.82, 2.24) is 5.32 Å². The Labute approximate surface area is 142 Å². The number of benzene rings is 2. The molecule has 5 nitrogen and oxygen atoms in total. The lowest BCUT2D eigenvalue weighted by molar-refractivity contribution is 0.0942. The van der Waals surface area contributed by atoms with Gasteiger partial charge in [-0.2, -0.15) is 0 Å². The van der Waals surface area contributed by atoms with Crippen LogP contribution in [0, 0.1) is 0 Å². The van der Waals surface area contributed by atoms with Crippen LogP contribution in [0.3, 0.4) is 0 Å². The Kier molecular flexibility index (Phi) is 5.95. The van der Waals surface area contributed by atoms with Crippen molar-refractivity contribution in [2.45, 2.75) is 26.8 Å². The van der Waals surface area contributed by atoms with Crippen molar-refractivity contribution in [2.75, 3.05) is 11.9 Å². The number of carbonyl (C=O) groups excluding carboxylic acids is 2. The maximum Gasteiger partial charge on any atom is 0.255 e. The molecule has 0 saturated heterocycles. The van der Waals surface area contributed by atoms with Crippen LogP contribution in [0.1, 0.15) is 41.5 Å². The summed E-state index contributed by atoms with van der Waals surface area (Å²) < 4.78 is 5.40. The summed E-state index contributed by atoms with van der Waals surface area (Å²) >= 11 is 0. The second-order valence-electron chi connectivity index (χ2n) is 5.62. The summed E-state index contributed by atoms with van der Waals surface area (Å²) in [6.07, 6.45) is 0. The van der Waals surface area contributed by atoms with Gasteiger partial charge in [-0.1, -0.05) is 6.07 Å². The minimum absolute atomic E-state index is 0.0782. The van der Waals surface area contributed by atoms with Crippen molar-refractivity contribution >= 4 is 17.5 Å². The maximum absolute atomic E-state index is 12.3. The van der Waals surface area contributed by atoms with E-state index in [9.17, 15) is 9.59 Å². The van der Waals surface area contributed by atoms with Gasteiger partial charge in [0, 0.05) is 22.9 Å². The molecule has 0 atom stereocenters. The van der Waals surface area contributed by atoms with Gasteiger partial charge in [-0.05, 0) is 63.2 Å². The molecular weight excluding hydrogens is 304 g/mol. The Morgan fingerprint density at radius 1 is 1.00 bits per heavy atom. The standard InChI is InChI=1S/C19H22N2O3/c1-4-24-17-7-5-6-15(12-17)19(23)21-16-10-8-14(9-11-16)18(22)20-13(2)3/h5-13H,4H2,1-3H3,(H,20,22)(H,21,23). The van der Waals surface area contributed by atoms with Gasteiger partial charge in [0.15, 0.2) is 0 Å². The van der Waals surface area contributed by atoms with Crippen molar-refractivity contribution in [2.24, 2.45) is 0 Å². The molecule has 0 unspecified atom stereocenters. The Bertz CT molecular complexity index is 709. The molecule has 0 spiro atoms. The van der Waals surface area contributed by atoms with Crippen LogP contribution in [0.25, 0.3) is 0 Å². The Morgan fingerprint density at radius 3 is 2.33 bits per heavy atom. The summed E-state index contributed by atoms with van der Waals surface area (Å²) in [6.45, 7) is 6.25. The van der Waals surface area contributed by atoms with Gasteiger partial charge in [-0.15, -0.1) is 0 Å². The van der Waals surface area contributed by atoms with Crippen LogP contribution < -0.4 is 15.4 Å². The largest absolute Gasteiger partial charge is 0.494 e. The van der Waals surface area contributed by atoms with E-state index in [2.05, 4.69) is 10.6 Å². The molecule has 0 radical (unpaired) electrons. The molecule has 2 amide bonds. The van der Waals surface area contributed by atoms with Crippen LogP contribution in [0.5, 0.6) is 5.75 Å². The van der Waals surface area contributed by atoms with Gasteiger partial charge in [-0.25, -0.2) is 0 Å². The molecule has 2 aromatic carbocycles. The first-order valence-electron chi connectivity index (χ1n) is 7.94. The van der Waals surface area contributed by atoms with E-state index >= 15 is 0 Å². The molecule has 0 bridgehead atoms. The van der Waals surface area contributed by atoms with Gasteiger partial charge >= 0.3 is 0 Å². The molecule has 0 heterocycles. The molecular formula is C19H22N2O3. The van der Waals surface area contributed by atoms with Crippen molar-refractivity contribution in [3.05, 3.63) is 59.7 Å². The summed E-state index contributed by atoms with van der Waals surface area (Å²) in [7, 11) is 0. The fourth-order valence-corrected chi connectivity index (χ4v) is 2.15. The highest BCUT2D eigenvalue weighted by molar-refractivity contribution is 6.04. The summed E-state index contributed by atoms with van der Waals surface area (Å²) in [6, 6.07) is 13.9. The predicted octanol–water partition coefficient (Wildman–Crippen LogP) is 3.48. The fourth-order valence-electron chi connectivity index (χ4n) is 2.15. The van der Waals surface area contributed by atoms with E-state index in [1.807, 2.05) is 26.8 Å². The number of ether oxygens (including phenoxy) is 1. The van der Waals surface area contributed by atoms with E-state index in [4.69, 9.17) is 4.74 Å².